The van der Waals surface area contributed by atoms with Gasteiger partial charge in [0.25, 0.3) is 0 Å². The monoisotopic (exact) mass is 288 g/mol. The predicted molar refractivity (Wildman–Crippen MR) is 74.3 cm³/mol. The van der Waals surface area contributed by atoms with Gasteiger partial charge in [-0.3, -0.25) is 4.79 Å². The van der Waals surface area contributed by atoms with Gasteiger partial charge in [0.15, 0.2) is 0 Å². The fourth-order valence-corrected chi connectivity index (χ4v) is 2.20. The first-order valence-electron chi connectivity index (χ1n) is 6.29. The van der Waals surface area contributed by atoms with E-state index in [0.717, 1.165) is 18.9 Å². The lowest BCUT2D eigenvalue weighted by Gasteiger charge is -2.35. The van der Waals surface area contributed by atoms with Crippen molar-refractivity contribution in [1.29, 1.82) is 0 Å². The minimum Gasteiger partial charge on any atom is -0.372 e. The molecule has 2 heterocycles. The third-order valence-corrected chi connectivity index (χ3v) is 3.15. The molecular weight excluding hydrogens is 268 g/mol. The van der Waals surface area contributed by atoms with Crippen molar-refractivity contribution in [2.45, 2.75) is 13.0 Å². The van der Waals surface area contributed by atoms with E-state index in [1.54, 1.807) is 6.20 Å². The maximum atomic E-state index is 12.1. The summed E-state index contributed by atoms with van der Waals surface area (Å²) < 4.78 is 7.16. The summed E-state index contributed by atoms with van der Waals surface area (Å²) in [5, 5.41) is 3.30. The zero-order valence-corrected chi connectivity index (χ0v) is 12.2. The number of aryl methyl sites for hydroxylation is 1. The van der Waals surface area contributed by atoms with Gasteiger partial charge in [-0.1, -0.05) is 0 Å². The lowest BCUT2D eigenvalue weighted by molar-refractivity contribution is -0.139. The average Bonchev–Trinajstić information content (AvgIpc) is 2.82. The van der Waals surface area contributed by atoms with Crippen molar-refractivity contribution in [2.24, 2.45) is 7.05 Å². The first kappa shape index (κ1) is 15.9. The smallest absolute Gasteiger partial charge is 0.249 e. The number of aromatic nitrogens is 2. The van der Waals surface area contributed by atoms with E-state index in [1.165, 1.54) is 0 Å². The molecule has 1 aromatic rings. The zero-order chi connectivity index (χ0) is 13.0. The molecule has 1 aliphatic heterocycles. The van der Waals surface area contributed by atoms with Gasteiger partial charge < -0.3 is 19.5 Å². The summed E-state index contributed by atoms with van der Waals surface area (Å²) >= 11 is 0. The molecule has 2 rings (SSSR count). The summed E-state index contributed by atoms with van der Waals surface area (Å²) in [6, 6.07) is -0.00768. The van der Waals surface area contributed by atoms with Gasteiger partial charge in [-0.2, -0.15) is 0 Å². The molecule has 7 heteroatoms. The Balaban J connectivity index is 0.00000180. The molecule has 1 amide bonds. The van der Waals surface area contributed by atoms with Crippen molar-refractivity contribution >= 4 is 18.3 Å². The summed E-state index contributed by atoms with van der Waals surface area (Å²) in [5.74, 6) is 0.943. The highest BCUT2D eigenvalue weighted by Crippen LogP contribution is 2.20. The van der Waals surface area contributed by atoms with E-state index in [4.69, 9.17) is 4.74 Å². The molecule has 1 saturated heterocycles. The highest BCUT2D eigenvalue weighted by molar-refractivity contribution is 5.85. The number of imidazole rings is 1. The summed E-state index contributed by atoms with van der Waals surface area (Å²) in [5.41, 5.74) is 0. The highest BCUT2D eigenvalue weighted by atomic mass is 35.5. The van der Waals surface area contributed by atoms with Gasteiger partial charge in [-0.15, -0.1) is 12.4 Å². The summed E-state index contributed by atoms with van der Waals surface area (Å²) in [6.45, 7) is 4.86. The van der Waals surface area contributed by atoms with Gasteiger partial charge in [0, 0.05) is 45.7 Å². The van der Waals surface area contributed by atoms with Crippen LogP contribution in [0.4, 0.5) is 0 Å². The maximum absolute atomic E-state index is 12.1. The maximum Gasteiger partial charge on any atom is 0.249 e. The van der Waals surface area contributed by atoms with Crippen molar-refractivity contribution in [3.63, 3.8) is 0 Å². The van der Waals surface area contributed by atoms with E-state index in [1.807, 2.05) is 29.6 Å². The van der Waals surface area contributed by atoms with Crippen LogP contribution in [0.3, 0.4) is 0 Å². The number of nitrogens with zero attached hydrogens (tertiary/aromatic N) is 3. The molecule has 19 heavy (non-hydrogen) atoms. The molecule has 0 saturated carbocycles. The Morgan fingerprint density at radius 3 is 3.05 bits per heavy atom. The first-order valence-corrected chi connectivity index (χ1v) is 6.29. The second kappa shape index (κ2) is 7.47. The lowest BCUT2D eigenvalue weighted by Crippen LogP contribution is -2.50. The Morgan fingerprint density at radius 1 is 1.63 bits per heavy atom. The lowest BCUT2D eigenvalue weighted by atomic mass is 10.1. The summed E-state index contributed by atoms with van der Waals surface area (Å²) in [7, 11) is 1.95. The quantitative estimate of drug-likeness (QED) is 0.869. The molecule has 0 spiro atoms. The minimum absolute atomic E-state index is 0. The zero-order valence-electron chi connectivity index (χ0n) is 11.3. The first-order chi connectivity index (χ1) is 8.74. The standard InChI is InChI=1S/C12H20N4O2.ClH/c1-3-18-9-11(17)16-7-4-13-8-10(16)12-14-5-6-15(12)2;/h5-6,10,13H,3-4,7-9H2,1-2H3;1H. The molecule has 0 radical (unpaired) electrons. The van der Waals surface area contributed by atoms with Crippen LogP contribution < -0.4 is 5.32 Å². The minimum atomic E-state index is -0.00768. The SMILES string of the molecule is CCOCC(=O)N1CCNCC1c1nccn1C.Cl. The molecule has 1 aliphatic rings. The van der Waals surface area contributed by atoms with Crippen LogP contribution in [0, 0.1) is 0 Å². The molecule has 1 unspecified atom stereocenters. The number of halogens is 1. The van der Waals surface area contributed by atoms with Gasteiger partial charge in [0.05, 0.1) is 0 Å². The van der Waals surface area contributed by atoms with Crippen LogP contribution in [-0.4, -0.2) is 53.2 Å². The van der Waals surface area contributed by atoms with Crippen LogP contribution in [0.1, 0.15) is 18.8 Å². The van der Waals surface area contributed by atoms with Crippen molar-refractivity contribution in [3.8, 4) is 0 Å². The molecule has 1 aromatic heterocycles. The van der Waals surface area contributed by atoms with Crippen LogP contribution in [0.15, 0.2) is 12.4 Å². The Bertz CT molecular complexity index is 410. The number of carbonyl (C=O) groups is 1. The number of piperazine rings is 1. The average molecular weight is 289 g/mol. The van der Waals surface area contributed by atoms with E-state index in [0.29, 0.717) is 13.2 Å². The van der Waals surface area contributed by atoms with Gasteiger partial charge in [-0.25, -0.2) is 4.98 Å². The molecule has 0 aliphatic carbocycles. The number of hydrogen-bond acceptors (Lipinski definition) is 4. The van der Waals surface area contributed by atoms with E-state index < -0.39 is 0 Å². The van der Waals surface area contributed by atoms with Crippen LogP contribution in [0.5, 0.6) is 0 Å². The molecule has 108 valence electrons. The molecule has 0 aromatic carbocycles. The molecule has 6 nitrogen and oxygen atoms in total. The van der Waals surface area contributed by atoms with E-state index in [-0.39, 0.29) is 31.0 Å². The predicted octanol–water partition coefficient (Wildman–Crippen LogP) is 0.351. The van der Waals surface area contributed by atoms with Crippen LogP contribution in [-0.2, 0) is 16.6 Å². The second-order valence-corrected chi connectivity index (χ2v) is 4.34. The largest absolute Gasteiger partial charge is 0.372 e. The van der Waals surface area contributed by atoms with Crippen molar-refractivity contribution in [1.82, 2.24) is 19.8 Å². The molecule has 1 fully saturated rings. The summed E-state index contributed by atoms with van der Waals surface area (Å²) in [4.78, 5) is 18.3. The number of ether oxygens (including phenoxy) is 1. The van der Waals surface area contributed by atoms with Gasteiger partial charge in [-0.05, 0) is 6.92 Å². The fraction of sp³-hybridized carbons (Fsp3) is 0.667. The third-order valence-electron chi connectivity index (χ3n) is 3.15. The molecule has 0 bridgehead atoms. The Morgan fingerprint density at radius 2 is 2.42 bits per heavy atom. The Kier molecular flexibility index (Phi) is 6.27. The molecular formula is C12H21ClN4O2. The van der Waals surface area contributed by atoms with E-state index in [9.17, 15) is 4.79 Å². The Labute approximate surface area is 119 Å². The number of hydrogen-bond donors (Lipinski definition) is 1. The van der Waals surface area contributed by atoms with Crippen LogP contribution in [0.2, 0.25) is 0 Å². The highest BCUT2D eigenvalue weighted by Gasteiger charge is 2.30. The number of nitrogens with one attached hydrogen (secondary N) is 1. The van der Waals surface area contributed by atoms with Gasteiger partial charge >= 0.3 is 0 Å². The van der Waals surface area contributed by atoms with Crippen molar-refractivity contribution < 1.29 is 9.53 Å². The fourth-order valence-electron chi connectivity index (χ4n) is 2.20. The van der Waals surface area contributed by atoms with Gasteiger partial charge in [0.1, 0.15) is 18.5 Å². The normalized spacial score (nSPS) is 19.1. The second-order valence-electron chi connectivity index (χ2n) is 4.34. The molecule has 1 atom stereocenters. The molecule has 1 N–H and O–H groups in total. The van der Waals surface area contributed by atoms with Crippen LogP contribution in [0.25, 0.3) is 0 Å². The topological polar surface area (TPSA) is 59.4 Å². The van der Waals surface area contributed by atoms with Crippen molar-refractivity contribution in [2.75, 3.05) is 32.8 Å². The van der Waals surface area contributed by atoms with Crippen LogP contribution >= 0.6 is 12.4 Å². The third kappa shape index (κ3) is 3.68. The Hall–Kier alpha value is -1.11. The van der Waals surface area contributed by atoms with Crippen molar-refractivity contribution in [3.05, 3.63) is 18.2 Å². The number of rotatable bonds is 4. The van der Waals surface area contributed by atoms with E-state index in [2.05, 4.69) is 10.3 Å². The van der Waals surface area contributed by atoms with Gasteiger partial charge in [0.2, 0.25) is 5.91 Å². The number of amides is 1. The summed E-state index contributed by atoms with van der Waals surface area (Å²) in [6.07, 6.45) is 3.66. The van der Waals surface area contributed by atoms with E-state index >= 15 is 0 Å². The number of carbonyl (C=O) groups excluding carboxylic acids is 1.